The molecule has 0 unspecified atom stereocenters. The Morgan fingerprint density at radius 2 is 1.35 bits per heavy atom. The van der Waals surface area contributed by atoms with Crippen LogP contribution in [-0.4, -0.2) is 13.2 Å². The van der Waals surface area contributed by atoms with Crippen LogP contribution in [0.5, 0.6) is 11.5 Å². The molecule has 0 aromatic heterocycles. The van der Waals surface area contributed by atoms with Gasteiger partial charge in [-0.2, -0.15) is 4.39 Å². The SMILES string of the molecule is CCCCCC1CCC(C2CCC(COc3ccc(-c4ccc(OCC)c(F)c4F)cc3F)CC2)CC1. The predicted octanol–water partition coefficient (Wildman–Crippen LogP) is 9.74. The van der Waals surface area contributed by atoms with Crippen LogP contribution in [0.3, 0.4) is 0 Å². The Morgan fingerprint density at radius 1 is 0.703 bits per heavy atom. The van der Waals surface area contributed by atoms with Crippen LogP contribution in [0.15, 0.2) is 30.3 Å². The standard InChI is InChI=1S/C32H43F3O2/c1-3-5-6-7-22-8-12-24(13-9-22)25-14-10-23(11-15-25)21-37-29-18-16-26(20-28(29)33)27-17-19-30(36-4-2)32(35)31(27)34/h16-20,22-25H,3-15,21H2,1-2H3. The van der Waals surface area contributed by atoms with Crippen molar-refractivity contribution in [2.75, 3.05) is 13.2 Å². The second-order valence-electron chi connectivity index (χ2n) is 11.2. The summed E-state index contributed by atoms with van der Waals surface area (Å²) >= 11 is 0. The lowest BCUT2D eigenvalue weighted by atomic mass is 9.69. The zero-order valence-corrected chi connectivity index (χ0v) is 22.5. The largest absolute Gasteiger partial charge is 0.491 e. The van der Waals surface area contributed by atoms with E-state index < -0.39 is 17.5 Å². The molecule has 4 rings (SSSR count). The molecule has 204 valence electrons. The Morgan fingerprint density at radius 3 is 1.97 bits per heavy atom. The van der Waals surface area contributed by atoms with Crippen molar-refractivity contribution in [2.24, 2.45) is 23.7 Å². The molecule has 2 aliphatic rings. The first-order valence-corrected chi connectivity index (χ1v) is 14.5. The van der Waals surface area contributed by atoms with Gasteiger partial charge in [0.1, 0.15) is 0 Å². The van der Waals surface area contributed by atoms with E-state index in [0.717, 1.165) is 30.6 Å². The number of halogens is 3. The maximum absolute atomic E-state index is 14.8. The summed E-state index contributed by atoms with van der Waals surface area (Å²) in [5.41, 5.74) is 0.268. The molecule has 5 heteroatoms. The van der Waals surface area contributed by atoms with Crippen LogP contribution in [0.4, 0.5) is 13.2 Å². The van der Waals surface area contributed by atoms with Gasteiger partial charge in [0.15, 0.2) is 23.1 Å². The third-order valence-corrected chi connectivity index (χ3v) is 8.73. The van der Waals surface area contributed by atoms with Gasteiger partial charge in [0, 0.05) is 5.56 Å². The van der Waals surface area contributed by atoms with Gasteiger partial charge in [-0.25, -0.2) is 8.78 Å². The van der Waals surface area contributed by atoms with Crippen molar-refractivity contribution in [1.29, 1.82) is 0 Å². The first-order chi connectivity index (χ1) is 18.0. The highest BCUT2D eigenvalue weighted by Crippen LogP contribution is 2.42. The molecule has 0 N–H and O–H groups in total. The maximum atomic E-state index is 14.8. The second-order valence-corrected chi connectivity index (χ2v) is 11.2. The van der Waals surface area contributed by atoms with Gasteiger partial charge in [-0.05, 0) is 98.9 Å². The third kappa shape index (κ3) is 7.23. The minimum Gasteiger partial charge on any atom is -0.491 e. The van der Waals surface area contributed by atoms with Crippen molar-refractivity contribution >= 4 is 0 Å². The van der Waals surface area contributed by atoms with E-state index in [2.05, 4.69) is 6.92 Å². The van der Waals surface area contributed by atoms with Gasteiger partial charge < -0.3 is 9.47 Å². The number of hydrogen-bond donors (Lipinski definition) is 0. The Balaban J connectivity index is 1.24. The number of unbranched alkanes of at least 4 members (excludes halogenated alkanes) is 2. The first-order valence-electron chi connectivity index (χ1n) is 14.5. The first kappa shape index (κ1) is 27.9. The fraction of sp³-hybridized carbons (Fsp3) is 0.625. The predicted molar refractivity (Wildman–Crippen MR) is 143 cm³/mol. The molecule has 2 aromatic carbocycles. The average molecular weight is 517 g/mol. The molecule has 0 spiro atoms. The van der Waals surface area contributed by atoms with Crippen molar-refractivity contribution in [3.8, 4) is 22.6 Å². The van der Waals surface area contributed by atoms with E-state index in [1.54, 1.807) is 13.0 Å². The summed E-state index contributed by atoms with van der Waals surface area (Å²) in [4.78, 5) is 0. The number of ether oxygens (including phenoxy) is 2. The van der Waals surface area contributed by atoms with Gasteiger partial charge >= 0.3 is 0 Å². The van der Waals surface area contributed by atoms with Crippen molar-refractivity contribution in [3.63, 3.8) is 0 Å². The van der Waals surface area contributed by atoms with Crippen LogP contribution >= 0.6 is 0 Å². The molecule has 2 fully saturated rings. The smallest absolute Gasteiger partial charge is 0.201 e. The molecule has 0 aliphatic heterocycles. The Labute approximate surface area is 220 Å². The molecular weight excluding hydrogens is 473 g/mol. The van der Waals surface area contributed by atoms with E-state index in [1.807, 2.05) is 0 Å². The lowest BCUT2D eigenvalue weighted by Gasteiger charge is -2.38. The quantitative estimate of drug-likeness (QED) is 0.277. The number of hydrogen-bond acceptors (Lipinski definition) is 2. The van der Waals surface area contributed by atoms with Crippen molar-refractivity contribution in [1.82, 2.24) is 0 Å². The van der Waals surface area contributed by atoms with Crippen molar-refractivity contribution in [3.05, 3.63) is 47.8 Å². The van der Waals surface area contributed by atoms with E-state index in [0.29, 0.717) is 12.5 Å². The van der Waals surface area contributed by atoms with Crippen LogP contribution in [0.1, 0.15) is 90.9 Å². The molecule has 2 aromatic rings. The van der Waals surface area contributed by atoms with E-state index in [-0.39, 0.29) is 29.2 Å². The Bertz CT molecular complexity index is 992. The van der Waals surface area contributed by atoms with Crippen LogP contribution in [0.2, 0.25) is 0 Å². The van der Waals surface area contributed by atoms with Crippen LogP contribution < -0.4 is 9.47 Å². The van der Waals surface area contributed by atoms with Gasteiger partial charge in [-0.15, -0.1) is 0 Å². The van der Waals surface area contributed by atoms with Gasteiger partial charge in [-0.1, -0.05) is 51.5 Å². The summed E-state index contributed by atoms with van der Waals surface area (Å²) in [6, 6.07) is 7.09. The molecular formula is C32H43F3O2. The lowest BCUT2D eigenvalue weighted by molar-refractivity contribution is 0.120. The average Bonchev–Trinajstić information content (AvgIpc) is 2.92. The van der Waals surface area contributed by atoms with Crippen molar-refractivity contribution < 1.29 is 22.6 Å². The summed E-state index contributed by atoms with van der Waals surface area (Å²) in [6.45, 7) is 4.71. The lowest BCUT2D eigenvalue weighted by Crippen LogP contribution is -2.27. The maximum Gasteiger partial charge on any atom is 0.201 e. The molecule has 0 amide bonds. The fourth-order valence-corrected chi connectivity index (χ4v) is 6.47. The van der Waals surface area contributed by atoms with Crippen LogP contribution in [-0.2, 0) is 0 Å². The molecule has 2 aliphatic carbocycles. The number of rotatable bonds is 11. The van der Waals surface area contributed by atoms with Crippen LogP contribution in [0.25, 0.3) is 11.1 Å². The molecule has 2 nitrogen and oxygen atoms in total. The van der Waals surface area contributed by atoms with E-state index in [1.165, 1.54) is 88.5 Å². The van der Waals surface area contributed by atoms with Gasteiger partial charge in [-0.3, -0.25) is 0 Å². The van der Waals surface area contributed by atoms with E-state index >= 15 is 0 Å². The second kappa shape index (κ2) is 13.6. The minimum atomic E-state index is -1.06. The third-order valence-electron chi connectivity index (χ3n) is 8.73. The topological polar surface area (TPSA) is 18.5 Å². The molecule has 2 saturated carbocycles. The molecule has 0 radical (unpaired) electrons. The van der Waals surface area contributed by atoms with Gasteiger partial charge in [0.25, 0.3) is 0 Å². The molecule has 37 heavy (non-hydrogen) atoms. The van der Waals surface area contributed by atoms with E-state index in [4.69, 9.17) is 9.47 Å². The zero-order chi connectivity index (χ0) is 26.2. The zero-order valence-electron chi connectivity index (χ0n) is 22.5. The highest BCUT2D eigenvalue weighted by molar-refractivity contribution is 5.66. The van der Waals surface area contributed by atoms with Crippen molar-refractivity contribution in [2.45, 2.75) is 90.9 Å². The van der Waals surface area contributed by atoms with Crippen LogP contribution in [0, 0.1) is 41.1 Å². The summed E-state index contributed by atoms with van der Waals surface area (Å²) in [5, 5.41) is 0. The minimum absolute atomic E-state index is 0.000261. The normalized spacial score (nSPS) is 24.1. The number of benzene rings is 2. The molecule has 0 saturated heterocycles. The van der Waals surface area contributed by atoms with Gasteiger partial charge in [0.05, 0.1) is 13.2 Å². The highest BCUT2D eigenvalue weighted by Gasteiger charge is 2.31. The molecule has 0 bridgehead atoms. The molecule has 0 atom stereocenters. The summed E-state index contributed by atoms with van der Waals surface area (Å²) < 4.78 is 54.5. The summed E-state index contributed by atoms with van der Waals surface area (Å²) in [5.74, 6) is 0.493. The van der Waals surface area contributed by atoms with E-state index in [9.17, 15) is 13.2 Å². The monoisotopic (exact) mass is 516 g/mol. The fourth-order valence-electron chi connectivity index (χ4n) is 6.47. The Hall–Kier alpha value is -2.17. The summed E-state index contributed by atoms with van der Waals surface area (Å²) in [6.07, 6.45) is 15.9. The summed E-state index contributed by atoms with van der Waals surface area (Å²) in [7, 11) is 0. The molecule has 0 heterocycles. The highest BCUT2D eigenvalue weighted by atomic mass is 19.2. The Kier molecular flexibility index (Phi) is 10.2. The van der Waals surface area contributed by atoms with Gasteiger partial charge in [0.2, 0.25) is 5.82 Å².